The van der Waals surface area contributed by atoms with Crippen LogP contribution in [0.2, 0.25) is 0 Å². The van der Waals surface area contributed by atoms with Crippen LogP contribution >= 0.6 is 0 Å². The third kappa shape index (κ3) is 4.76. The lowest BCUT2D eigenvalue weighted by molar-refractivity contribution is -0.136. The number of aliphatic carboxylic acids is 1. The summed E-state index contributed by atoms with van der Waals surface area (Å²) >= 11 is 0. The van der Waals surface area contributed by atoms with Gasteiger partial charge < -0.3 is 5.11 Å². The van der Waals surface area contributed by atoms with Gasteiger partial charge >= 0.3 is 5.97 Å². The van der Waals surface area contributed by atoms with Gasteiger partial charge in [-0.1, -0.05) is 36.4 Å². The molecule has 2 aromatic rings. The number of hydrogen-bond acceptors (Lipinski definition) is 4. The SMILES string of the molecule is C[C@@H](c1ccc(-c2ccc(S(=O)(=O)CCC(=O)O)cc2)cc1)N1CCCC1. The summed E-state index contributed by atoms with van der Waals surface area (Å²) in [7, 11) is -3.57. The Bertz CT molecular complexity index is 883. The number of rotatable bonds is 7. The normalized spacial score (nSPS) is 16.3. The standard InChI is InChI=1S/C21H25NO4S/c1-16(22-13-2-3-14-22)17-4-6-18(7-5-17)19-8-10-20(11-9-19)27(25,26)15-12-21(23)24/h4-11,16H,2-3,12-15H2,1H3,(H,23,24)/t16-/m0/s1. The molecule has 0 aliphatic carbocycles. The van der Waals surface area contributed by atoms with Crippen molar-refractivity contribution in [1.29, 1.82) is 0 Å². The van der Waals surface area contributed by atoms with Gasteiger partial charge in [0.05, 0.1) is 17.1 Å². The summed E-state index contributed by atoms with van der Waals surface area (Å²) in [5.74, 6) is -1.50. The Kier molecular flexibility index (Phi) is 5.97. The van der Waals surface area contributed by atoms with E-state index in [0.717, 1.165) is 24.2 Å². The van der Waals surface area contributed by atoms with Crippen LogP contribution in [0, 0.1) is 0 Å². The molecule has 0 unspecified atom stereocenters. The molecule has 27 heavy (non-hydrogen) atoms. The van der Waals surface area contributed by atoms with Gasteiger partial charge in [-0.05, 0) is 61.7 Å². The Labute approximate surface area is 160 Å². The van der Waals surface area contributed by atoms with Gasteiger partial charge in [0.2, 0.25) is 0 Å². The Balaban J connectivity index is 1.72. The smallest absolute Gasteiger partial charge is 0.304 e. The van der Waals surface area contributed by atoms with Gasteiger partial charge in [-0.2, -0.15) is 0 Å². The lowest BCUT2D eigenvalue weighted by atomic mass is 10.0. The van der Waals surface area contributed by atoms with E-state index in [2.05, 4.69) is 36.1 Å². The van der Waals surface area contributed by atoms with Crippen LogP contribution in [0.15, 0.2) is 53.4 Å². The van der Waals surface area contributed by atoms with E-state index in [9.17, 15) is 13.2 Å². The maximum Gasteiger partial charge on any atom is 0.304 e. The molecule has 0 spiro atoms. The minimum atomic E-state index is -3.57. The van der Waals surface area contributed by atoms with Crippen molar-refractivity contribution < 1.29 is 18.3 Å². The lowest BCUT2D eigenvalue weighted by Gasteiger charge is -2.24. The highest BCUT2D eigenvalue weighted by Gasteiger charge is 2.19. The molecule has 0 amide bonds. The maximum absolute atomic E-state index is 12.2. The van der Waals surface area contributed by atoms with Crippen molar-refractivity contribution in [2.24, 2.45) is 0 Å². The zero-order valence-corrected chi connectivity index (χ0v) is 16.3. The number of carbonyl (C=O) groups is 1. The monoisotopic (exact) mass is 387 g/mol. The number of nitrogens with zero attached hydrogens (tertiary/aromatic N) is 1. The fourth-order valence-electron chi connectivity index (χ4n) is 3.49. The first-order chi connectivity index (χ1) is 12.9. The molecule has 1 aliphatic heterocycles. The zero-order chi connectivity index (χ0) is 19.4. The molecular formula is C21H25NO4S. The highest BCUT2D eigenvalue weighted by molar-refractivity contribution is 7.91. The van der Waals surface area contributed by atoms with Crippen LogP contribution < -0.4 is 0 Å². The van der Waals surface area contributed by atoms with Gasteiger partial charge in [0.15, 0.2) is 9.84 Å². The molecule has 144 valence electrons. The van der Waals surface area contributed by atoms with Crippen molar-refractivity contribution in [2.45, 2.75) is 37.1 Å². The summed E-state index contributed by atoms with van der Waals surface area (Å²) in [6.07, 6.45) is 2.15. The Morgan fingerprint density at radius 3 is 2.04 bits per heavy atom. The highest BCUT2D eigenvalue weighted by atomic mass is 32.2. The lowest BCUT2D eigenvalue weighted by Crippen LogP contribution is -2.23. The van der Waals surface area contributed by atoms with Gasteiger partial charge in [0.25, 0.3) is 0 Å². The first-order valence-electron chi connectivity index (χ1n) is 9.26. The van der Waals surface area contributed by atoms with Gasteiger partial charge in [-0.15, -0.1) is 0 Å². The summed E-state index contributed by atoms with van der Waals surface area (Å²) in [5, 5.41) is 8.68. The summed E-state index contributed by atoms with van der Waals surface area (Å²) in [6, 6.07) is 15.4. The van der Waals surface area contributed by atoms with Gasteiger partial charge in [0, 0.05) is 6.04 Å². The van der Waals surface area contributed by atoms with E-state index in [1.54, 1.807) is 24.3 Å². The number of carboxylic acid groups (broad SMARTS) is 1. The fourth-order valence-corrected chi connectivity index (χ4v) is 4.72. The van der Waals surface area contributed by atoms with Crippen molar-refractivity contribution in [3.05, 3.63) is 54.1 Å². The van der Waals surface area contributed by atoms with Crippen molar-refractivity contribution >= 4 is 15.8 Å². The first-order valence-corrected chi connectivity index (χ1v) is 10.9. The molecule has 0 aromatic heterocycles. The zero-order valence-electron chi connectivity index (χ0n) is 15.5. The molecule has 1 fully saturated rings. The molecule has 5 nitrogen and oxygen atoms in total. The number of benzene rings is 2. The van der Waals surface area contributed by atoms with Crippen LogP contribution in [0.25, 0.3) is 11.1 Å². The predicted molar refractivity (Wildman–Crippen MR) is 105 cm³/mol. The molecule has 1 atom stereocenters. The van der Waals surface area contributed by atoms with E-state index in [1.807, 2.05) is 0 Å². The van der Waals surface area contributed by atoms with Crippen LogP contribution in [0.3, 0.4) is 0 Å². The van der Waals surface area contributed by atoms with E-state index in [-0.39, 0.29) is 17.1 Å². The van der Waals surface area contributed by atoms with Crippen LogP contribution in [-0.4, -0.2) is 43.2 Å². The minimum absolute atomic E-state index is 0.159. The van der Waals surface area contributed by atoms with Gasteiger partial charge in [0.1, 0.15) is 0 Å². The quantitative estimate of drug-likeness (QED) is 0.783. The second-order valence-electron chi connectivity index (χ2n) is 7.03. The molecule has 0 saturated carbocycles. The van der Waals surface area contributed by atoms with Gasteiger partial charge in [-0.3, -0.25) is 9.69 Å². The highest BCUT2D eigenvalue weighted by Crippen LogP contribution is 2.28. The number of carboxylic acids is 1. The van der Waals surface area contributed by atoms with Crippen molar-refractivity contribution in [3.8, 4) is 11.1 Å². The molecule has 1 N–H and O–H groups in total. The van der Waals surface area contributed by atoms with E-state index in [0.29, 0.717) is 6.04 Å². The summed E-state index contributed by atoms with van der Waals surface area (Å²) in [6.45, 7) is 4.54. The molecule has 2 aromatic carbocycles. The molecule has 0 radical (unpaired) electrons. The Hall–Kier alpha value is -2.18. The molecule has 1 aliphatic rings. The number of likely N-dealkylation sites (tertiary alicyclic amines) is 1. The first kappa shape index (κ1) is 19.6. The summed E-state index contributed by atoms with van der Waals surface area (Å²) < 4.78 is 24.3. The molecule has 1 saturated heterocycles. The van der Waals surface area contributed by atoms with E-state index in [1.165, 1.54) is 18.4 Å². The topological polar surface area (TPSA) is 74.7 Å². The van der Waals surface area contributed by atoms with E-state index in [4.69, 9.17) is 5.11 Å². The number of sulfone groups is 1. The Morgan fingerprint density at radius 2 is 1.52 bits per heavy atom. The molecule has 0 bridgehead atoms. The second kappa shape index (κ2) is 8.23. The van der Waals surface area contributed by atoms with Gasteiger partial charge in [-0.25, -0.2) is 8.42 Å². The molecular weight excluding hydrogens is 362 g/mol. The maximum atomic E-state index is 12.2. The predicted octanol–water partition coefficient (Wildman–Crippen LogP) is 3.76. The van der Waals surface area contributed by atoms with E-state index >= 15 is 0 Å². The fraction of sp³-hybridized carbons (Fsp3) is 0.381. The molecule has 3 rings (SSSR count). The number of hydrogen-bond donors (Lipinski definition) is 1. The Morgan fingerprint density at radius 1 is 1.00 bits per heavy atom. The average Bonchev–Trinajstić information content (AvgIpc) is 3.21. The van der Waals surface area contributed by atoms with Crippen LogP contribution in [-0.2, 0) is 14.6 Å². The summed E-state index contributed by atoms with van der Waals surface area (Å²) in [5.41, 5.74) is 3.25. The van der Waals surface area contributed by atoms with Crippen LogP contribution in [0.4, 0.5) is 0 Å². The average molecular weight is 388 g/mol. The van der Waals surface area contributed by atoms with Crippen molar-refractivity contribution in [1.82, 2.24) is 4.90 Å². The van der Waals surface area contributed by atoms with Crippen molar-refractivity contribution in [3.63, 3.8) is 0 Å². The third-order valence-corrected chi connectivity index (χ3v) is 6.94. The molecule has 6 heteroatoms. The third-order valence-electron chi connectivity index (χ3n) is 5.21. The second-order valence-corrected chi connectivity index (χ2v) is 9.14. The minimum Gasteiger partial charge on any atom is -0.481 e. The molecule has 1 heterocycles. The van der Waals surface area contributed by atoms with Crippen LogP contribution in [0.5, 0.6) is 0 Å². The van der Waals surface area contributed by atoms with E-state index < -0.39 is 15.8 Å². The largest absolute Gasteiger partial charge is 0.481 e. The summed E-state index contributed by atoms with van der Waals surface area (Å²) in [4.78, 5) is 13.3. The van der Waals surface area contributed by atoms with Crippen LogP contribution in [0.1, 0.15) is 37.8 Å². The van der Waals surface area contributed by atoms with Crippen molar-refractivity contribution in [2.75, 3.05) is 18.8 Å².